The summed E-state index contributed by atoms with van der Waals surface area (Å²) in [4.78, 5) is 26.6. The Morgan fingerprint density at radius 3 is 2.57 bits per heavy atom. The van der Waals surface area contributed by atoms with Gasteiger partial charge in [-0.25, -0.2) is 8.78 Å². The van der Waals surface area contributed by atoms with Crippen LogP contribution in [0.15, 0.2) is 12.1 Å². The molecule has 5 rings (SSSR count). The number of benzene rings is 1. The van der Waals surface area contributed by atoms with Crippen LogP contribution in [0.25, 0.3) is 0 Å². The minimum Gasteiger partial charge on any atom is -0.390 e. The van der Waals surface area contributed by atoms with E-state index in [4.69, 9.17) is 0 Å². The van der Waals surface area contributed by atoms with E-state index in [1.165, 1.54) is 4.90 Å². The van der Waals surface area contributed by atoms with Crippen molar-refractivity contribution < 1.29 is 23.5 Å². The lowest BCUT2D eigenvalue weighted by molar-refractivity contribution is -0.125. The van der Waals surface area contributed by atoms with Crippen LogP contribution in [-0.4, -0.2) is 52.7 Å². The zero-order valence-electron chi connectivity index (χ0n) is 15.8. The van der Waals surface area contributed by atoms with Crippen molar-refractivity contribution in [3.8, 4) is 0 Å². The van der Waals surface area contributed by atoms with Gasteiger partial charge in [0.05, 0.1) is 17.6 Å². The van der Waals surface area contributed by atoms with E-state index in [2.05, 4.69) is 5.32 Å². The predicted octanol–water partition coefficient (Wildman–Crippen LogP) is 2.17. The number of nitrogens with zero attached hydrogens (tertiary/aromatic N) is 1. The molecular formula is C21H24F2N2O3. The molecule has 1 spiro atoms. The maximum Gasteiger partial charge on any atom is 0.254 e. The topological polar surface area (TPSA) is 69.6 Å². The Labute approximate surface area is 162 Å². The second-order valence-corrected chi connectivity index (χ2v) is 9.32. The van der Waals surface area contributed by atoms with E-state index in [1.807, 2.05) is 0 Å². The first-order valence-corrected chi connectivity index (χ1v) is 9.98. The number of halogens is 2. The molecule has 3 saturated carbocycles. The number of hydrogen-bond acceptors (Lipinski definition) is 3. The summed E-state index contributed by atoms with van der Waals surface area (Å²) >= 11 is 0. The van der Waals surface area contributed by atoms with Crippen molar-refractivity contribution in [3.05, 3.63) is 34.6 Å². The third-order valence-electron chi connectivity index (χ3n) is 6.73. The highest BCUT2D eigenvalue weighted by atomic mass is 19.1. The Morgan fingerprint density at radius 2 is 2.00 bits per heavy atom. The third-order valence-corrected chi connectivity index (χ3v) is 6.73. The number of fused-ring (bicyclic) bond motifs is 2. The highest BCUT2D eigenvalue weighted by Crippen LogP contribution is 2.56. The lowest BCUT2D eigenvalue weighted by Crippen LogP contribution is -2.56. The van der Waals surface area contributed by atoms with Gasteiger partial charge in [0.2, 0.25) is 5.91 Å². The summed E-state index contributed by atoms with van der Waals surface area (Å²) in [7, 11) is 0. The van der Waals surface area contributed by atoms with E-state index in [9.17, 15) is 19.1 Å². The van der Waals surface area contributed by atoms with Crippen LogP contribution in [0.4, 0.5) is 8.78 Å². The molecule has 0 unspecified atom stereocenters. The van der Waals surface area contributed by atoms with Crippen LogP contribution in [0.1, 0.15) is 66.4 Å². The molecule has 1 heterocycles. The van der Waals surface area contributed by atoms with Gasteiger partial charge in [-0.1, -0.05) is 6.07 Å². The lowest BCUT2D eigenvalue weighted by Gasteiger charge is -2.41. The van der Waals surface area contributed by atoms with E-state index in [0.717, 1.165) is 12.8 Å². The Kier molecular flexibility index (Phi) is 3.70. The Balaban J connectivity index is 1.37. The van der Waals surface area contributed by atoms with Gasteiger partial charge in [-0.3, -0.25) is 9.59 Å². The van der Waals surface area contributed by atoms with E-state index < -0.39 is 28.9 Å². The number of hydrogen-bond donors (Lipinski definition) is 2. The van der Waals surface area contributed by atoms with Gasteiger partial charge in [-0.15, -0.1) is 0 Å². The number of nitrogens with one attached hydrogen (secondary N) is 1. The van der Waals surface area contributed by atoms with Crippen molar-refractivity contribution in [1.29, 1.82) is 0 Å². The van der Waals surface area contributed by atoms with Gasteiger partial charge in [-0.05, 0) is 56.6 Å². The van der Waals surface area contributed by atoms with E-state index in [1.54, 1.807) is 19.1 Å². The fourth-order valence-corrected chi connectivity index (χ4v) is 4.99. The number of alkyl halides is 1. The molecular weight excluding hydrogens is 366 g/mol. The van der Waals surface area contributed by atoms with Crippen molar-refractivity contribution in [2.24, 2.45) is 0 Å². The summed E-state index contributed by atoms with van der Waals surface area (Å²) in [5.41, 5.74) is -0.769. The zero-order chi connectivity index (χ0) is 19.8. The van der Waals surface area contributed by atoms with E-state index in [0.29, 0.717) is 18.4 Å². The van der Waals surface area contributed by atoms with Crippen molar-refractivity contribution >= 4 is 11.8 Å². The summed E-state index contributed by atoms with van der Waals surface area (Å²) < 4.78 is 29.6. The van der Waals surface area contributed by atoms with E-state index in [-0.39, 0.29) is 48.5 Å². The highest BCUT2D eigenvalue weighted by molar-refractivity contribution is 6.00. The second kappa shape index (κ2) is 5.75. The van der Waals surface area contributed by atoms with Crippen molar-refractivity contribution in [1.82, 2.24) is 10.2 Å². The minimum absolute atomic E-state index is 0.0286. The number of amides is 2. The number of carbonyl (C=O) groups is 2. The maximum atomic E-state index is 15.2. The van der Waals surface area contributed by atoms with Crippen molar-refractivity contribution in [2.45, 2.75) is 68.2 Å². The van der Waals surface area contributed by atoms with Gasteiger partial charge >= 0.3 is 0 Å². The molecule has 150 valence electrons. The number of rotatable bonds is 4. The number of carbonyl (C=O) groups excluding carboxylic acids is 2. The van der Waals surface area contributed by atoms with Crippen LogP contribution < -0.4 is 5.32 Å². The first kappa shape index (κ1) is 18.0. The minimum atomic E-state index is -1.20. The molecule has 2 atom stereocenters. The van der Waals surface area contributed by atoms with Gasteiger partial charge < -0.3 is 15.3 Å². The first-order chi connectivity index (χ1) is 13.2. The molecule has 0 saturated heterocycles. The predicted molar refractivity (Wildman–Crippen MR) is 97.3 cm³/mol. The fraction of sp³-hybridized carbons (Fsp3) is 0.619. The van der Waals surface area contributed by atoms with Crippen LogP contribution in [-0.2, 0) is 10.2 Å². The summed E-state index contributed by atoms with van der Waals surface area (Å²) in [6.45, 7) is 1.56. The first-order valence-electron chi connectivity index (χ1n) is 9.98. The number of aliphatic hydroxyl groups is 1. The molecule has 0 bridgehead atoms. The highest BCUT2D eigenvalue weighted by Gasteiger charge is 2.62. The molecule has 4 aliphatic rings. The summed E-state index contributed by atoms with van der Waals surface area (Å²) in [6, 6.07) is 3.14. The van der Waals surface area contributed by atoms with Crippen LogP contribution >= 0.6 is 0 Å². The average molecular weight is 390 g/mol. The maximum absolute atomic E-state index is 15.2. The van der Waals surface area contributed by atoms with Crippen LogP contribution in [0.3, 0.4) is 0 Å². The summed E-state index contributed by atoms with van der Waals surface area (Å²) in [5, 5.41) is 12.6. The summed E-state index contributed by atoms with van der Waals surface area (Å²) in [6.07, 6.45) is 1.78. The van der Waals surface area contributed by atoms with Gasteiger partial charge in [0.25, 0.3) is 5.91 Å². The molecule has 7 heteroatoms. The summed E-state index contributed by atoms with van der Waals surface area (Å²) in [5.74, 6) is -0.998. The molecule has 3 aliphatic carbocycles. The Morgan fingerprint density at radius 1 is 1.32 bits per heavy atom. The molecule has 3 fully saturated rings. The fourth-order valence-electron chi connectivity index (χ4n) is 4.99. The molecule has 28 heavy (non-hydrogen) atoms. The molecule has 5 nitrogen and oxygen atoms in total. The van der Waals surface area contributed by atoms with Crippen LogP contribution in [0, 0.1) is 5.82 Å². The molecule has 0 aromatic heterocycles. The standard InChI is InChI=1S/C21H24F2N2O3/c1-20(28)6-12(7-20)24-16(26)9-25-10-21(8-15(21)22)17-14(19(25)27)5-4-13(18(17)23)11-2-3-11/h4-5,11-12,15,28H,2-3,6-10H2,1H3,(H,24,26)/t12?,15-,20?,21-/m0/s1. The zero-order valence-corrected chi connectivity index (χ0v) is 15.8. The van der Waals surface area contributed by atoms with Crippen molar-refractivity contribution in [2.75, 3.05) is 13.1 Å². The van der Waals surface area contributed by atoms with E-state index >= 15 is 4.39 Å². The largest absolute Gasteiger partial charge is 0.390 e. The lowest BCUT2D eigenvalue weighted by atomic mass is 9.77. The SMILES string of the molecule is CC1(O)CC(NC(=O)CN2C[C@]3(C[C@@H]3F)c3c(ccc(C4CC4)c3F)C2=O)C1. The molecule has 1 aromatic rings. The molecule has 0 radical (unpaired) electrons. The Bertz CT molecular complexity index is 875. The quantitative estimate of drug-likeness (QED) is 0.828. The molecule has 1 aromatic carbocycles. The molecule has 1 aliphatic heterocycles. The van der Waals surface area contributed by atoms with Gasteiger partial charge in [0.1, 0.15) is 12.0 Å². The normalized spacial score (nSPS) is 36.1. The third kappa shape index (κ3) is 2.74. The monoisotopic (exact) mass is 390 g/mol. The average Bonchev–Trinajstić information content (AvgIpc) is 3.49. The van der Waals surface area contributed by atoms with Crippen LogP contribution in [0.2, 0.25) is 0 Å². The molecule has 2 amide bonds. The van der Waals surface area contributed by atoms with Crippen LogP contribution in [0.5, 0.6) is 0 Å². The molecule has 2 N–H and O–H groups in total. The second-order valence-electron chi connectivity index (χ2n) is 9.32. The van der Waals surface area contributed by atoms with Gasteiger partial charge in [0, 0.05) is 23.7 Å². The van der Waals surface area contributed by atoms with Crippen molar-refractivity contribution in [3.63, 3.8) is 0 Å². The smallest absolute Gasteiger partial charge is 0.254 e. The van der Waals surface area contributed by atoms with Gasteiger partial charge in [-0.2, -0.15) is 0 Å². The van der Waals surface area contributed by atoms with Gasteiger partial charge in [0.15, 0.2) is 0 Å². The Hall–Kier alpha value is -2.02.